The number of amides is 1. The van der Waals surface area contributed by atoms with Gasteiger partial charge in [0.25, 0.3) is 5.91 Å². The summed E-state index contributed by atoms with van der Waals surface area (Å²) >= 11 is 8.22. The van der Waals surface area contributed by atoms with Crippen LogP contribution < -0.4 is 5.32 Å². The molecule has 154 valence electrons. The van der Waals surface area contributed by atoms with Crippen molar-refractivity contribution in [2.24, 2.45) is 0 Å². The maximum absolute atomic E-state index is 12.1. The van der Waals surface area contributed by atoms with Crippen LogP contribution in [0, 0.1) is 10.1 Å². The van der Waals surface area contributed by atoms with Crippen LogP contribution in [0.15, 0.2) is 59.6 Å². The third-order valence-electron chi connectivity index (χ3n) is 3.66. The molecular formula is C19H14ClN3O5S2. The summed E-state index contributed by atoms with van der Waals surface area (Å²) in [7, 11) is 0. The molecule has 0 bridgehead atoms. The molecule has 0 unspecified atom stereocenters. The molecule has 0 atom stereocenters. The number of nitrogens with zero attached hydrogens (tertiary/aromatic N) is 2. The molecule has 1 N–H and O–H groups in total. The van der Waals surface area contributed by atoms with Crippen molar-refractivity contribution < 1.29 is 19.2 Å². The Morgan fingerprint density at radius 1 is 1.17 bits per heavy atom. The second kappa shape index (κ2) is 10.2. The molecule has 0 saturated heterocycles. The molecule has 1 amide bonds. The fraction of sp³-hybridized carbons (Fsp3) is 0.105. The van der Waals surface area contributed by atoms with Gasteiger partial charge in [-0.2, -0.15) is 0 Å². The molecule has 0 aliphatic heterocycles. The predicted octanol–water partition coefficient (Wildman–Crippen LogP) is 4.79. The molecule has 2 aromatic carbocycles. The van der Waals surface area contributed by atoms with Crippen LogP contribution in [-0.2, 0) is 15.3 Å². The maximum atomic E-state index is 12.1. The Hall–Kier alpha value is -2.95. The van der Waals surface area contributed by atoms with Gasteiger partial charge in [0.2, 0.25) is 0 Å². The second-order valence-corrected chi connectivity index (χ2v) is 8.32. The molecule has 3 aromatic rings. The largest absolute Gasteiger partial charge is 0.452 e. The standard InChI is InChI=1S/C19H14ClN3O5S2/c20-14-5-7-15(8-6-14)29-11-12-1-3-13(4-2-12)18(25)28-10-16(24)22-19-21-9-17(30-19)23(26)27/h1-9H,10-11H2,(H,21,22,24). The smallest absolute Gasteiger partial charge is 0.345 e. The van der Waals surface area contributed by atoms with Crippen molar-refractivity contribution in [1.29, 1.82) is 0 Å². The van der Waals surface area contributed by atoms with Crippen molar-refractivity contribution in [2.45, 2.75) is 10.6 Å². The number of hydrogen-bond acceptors (Lipinski definition) is 8. The molecular weight excluding hydrogens is 450 g/mol. The van der Waals surface area contributed by atoms with E-state index in [1.807, 2.05) is 36.4 Å². The summed E-state index contributed by atoms with van der Waals surface area (Å²) in [6, 6.07) is 14.4. The van der Waals surface area contributed by atoms with Crippen molar-refractivity contribution in [1.82, 2.24) is 4.98 Å². The third kappa shape index (κ3) is 6.28. The summed E-state index contributed by atoms with van der Waals surface area (Å²) < 4.78 is 4.97. The van der Waals surface area contributed by atoms with Gasteiger partial charge in [-0.05, 0) is 53.3 Å². The van der Waals surface area contributed by atoms with E-state index < -0.39 is 23.4 Å². The van der Waals surface area contributed by atoms with Gasteiger partial charge in [0.05, 0.1) is 10.5 Å². The Morgan fingerprint density at radius 2 is 1.87 bits per heavy atom. The molecule has 0 aliphatic rings. The Bertz CT molecular complexity index is 1050. The molecule has 30 heavy (non-hydrogen) atoms. The first kappa shape index (κ1) is 21.8. The van der Waals surface area contributed by atoms with E-state index in [2.05, 4.69) is 10.3 Å². The van der Waals surface area contributed by atoms with Gasteiger partial charge >= 0.3 is 11.0 Å². The molecule has 11 heteroatoms. The van der Waals surface area contributed by atoms with E-state index in [4.69, 9.17) is 16.3 Å². The molecule has 1 aromatic heterocycles. The number of carbonyl (C=O) groups is 2. The van der Waals surface area contributed by atoms with Gasteiger partial charge in [-0.25, -0.2) is 9.78 Å². The average Bonchev–Trinajstić information content (AvgIpc) is 3.21. The van der Waals surface area contributed by atoms with E-state index in [-0.39, 0.29) is 10.1 Å². The zero-order chi connectivity index (χ0) is 21.5. The number of nitro groups is 1. The SMILES string of the molecule is O=C(COC(=O)c1ccc(CSc2ccc(Cl)cc2)cc1)Nc1ncc([N+](=O)[O-])s1. The van der Waals surface area contributed by atoms with Crippen molar-refractivity contribution in [2.75, 3.05) is 11.9 Å². The molecule has 0 fully saturated rings. The maximum Gasteiger partial charge on any atom is 0.345 e. The number of esters is 1. The highest BCUT2D eigenvalue weighted by molar-refractivity contribution is 7.98. The van der Waals surface area contributed by atoms with Gasteiger partial charge in [0.15, 0.2) is 11.7 Å². The first-order valence-corrected chi connectivity index (χ1v) is 10.6. The zero-order valence-electron chi connectivity index (χ0n) is 15.2. The molecule has 1 heterocycles. The Balaban J connectivity index is 1.46. The highest BCUT2D eigenvalue weighted by Crippen LogP contribution is 2.25. The number of halogens is 1. The lowest BCUT2D eigenvalue weighted by Gasteiger charge is -2.06. The number of thiazole rings is 1. The van der Waals surface area contributed by atoms with Crippen molar-refractivity contribution in [3.05, 3.63) is 81.0 Å². The minimum Gasteiger partial charge on any atom is -0.452 e. The normalized spacial score (nSPS) is 10.4. The van der Waals surface area contributed by atoms with E-state index in [0.29, 0.717) is 21.9 Å². The number of aromatic nitrogens is 1. The van der Waals surface area contributed by atoms with Crippen LogP contribution in [-0.4, -0.2) is 28.4 Å². The van der Waals surface area contributed by atoms with Crippen LogP contribution in [0.25, 0.3) is 0 Å². The van der Waals surface area contributed by atoms with Gasteiger partial charge in [0.1, 0.15) is 6.20 Å². The fourth-order valence-corrected chi connectivity index (χ4v) is 3.84. The number of rotatable bonds is 8. The highest BCUT2D eigenvalue weighted by Gasteiger charge is 2.15. The van der Waals surface area contributed by atoms with Crippen molar-refractivity contribution in [3.8, 4) is 0 Å². The first-order chi connectivity index (χ1) is 14.4. The number of ether oxygens (including phenoxy) is 1. The van der Waals surface area contributed by atoms with Crippen LogP contribution in [0.4, 0.5) is 10.1 Å². The molecule has 0 aliphatic carbocycles. The van der Waals surface area contributed by atoms with Crippen molar-refractivity contribution in [3.63, 3.8) is 0 Å². The second-order valence-electron chi connectivity index (χ2n) is 5.82. The van der Waals surface area contributed by atoms with Gasteiger partial charge in [-0.3, -0.25) is 20.2 Å². The van der Waals surface area contributed by atoms with Crippen LogP contribution >= 0.6 is 34.7 Å². The van der Waals surface area contributed by atoms with Crippen LogP contribution in [0.3, 0.4) is 0 Å². The molecule has 8 nitrogen and oxygen atoms in total. The summed E-state index contributed by atoms with van der Waals surface area (Å²) in [6.45, 7) is -0.527. The van der Waals surface area contributed by atoms with E-state index >= 15 is 0 Å². The molecule has 0 radical (unpaired) electrons. The van der Waals surface area contributed by atoms with Crippen LogP contribution in [0.2, 0.25) is 5.02 Å². The van der Waals surface area contributed by atoms with Gasteiger partial charge < -0.3 is 4.74 Å². The first-order valence-electron chi connectivity index (χ1n) is 8.45. The Morgan fingerprint density at radius 3 is 2.50 bits per heavy atom. The Kier molecular flexibility index (Phi) is 7.39. The molecule has 3 rings (SSSR count). The van der Waals surface area contributed by atoms with E-state index in [1.165, 1.54) is 0 Å². The predicted molar refractivity (Wildman–Crippen MR) is 115 cm³/mol. The monoisotopic (exact) mass is 463 g/mol. The quantitative estimate of drug-likeness (QED) is 0.221. The van der Waals surface area contributed by atoms with E-state index in [1.54, 1.807) is 23.9 Å². The van der Waals surface area contributed by atoms with E-state index in [9.17, 15) is 19.7 Å². The van der Waals surface area contributed by atoms with Gasteiger partial charge in [-0.1, -0.05) is 23.7 Å². The minimum absolute atomic E-state index is 0.0605. The number of nitrogens with one attached hydrogen (secondary N) is 1. The molecule has 0 spiro atoms. The highest BCUT2D eigenvalue weighted by atomic mass is 35.5. The summed E-state index contributed by atoms with van der Waals surface area (Å²) in [4.78, 5) is 38.7. The fourth-order valence-electron chi connectivity index (χ4n) is 2.21. The van der Waals surface area contributed by atoms with Gasteiger partial charge in [-0.15, -0.1) is 11.8 Å². The number of hydrogen-bond donors (Lipinski definition) is 1. The minimum atomic E-state index is -0.646. The molecule has 0 saturated carbocycles. The summed E-state index contributed by atoms with van der Waals surface area (Å²) in [6.07, 6.45) is 1.04. The van der Waals surface area contributed by atoms with Crippen LogP contribution in [0.5, 0.6) is 0 Å². The lowest BCUT2D eigenvalue weighted by molar-refractivity contribution is -0.380. The summed E-state index contributed by atoms with van der Waals surface area (Å²) in [5.74, 6) is -0.560. The van der Waals surface area contributed by atoms with Crippen LogP contribution in [0.1, 0.15) is 15.9 Å². The lowest BCUT2D eigenvalue weighted by atomic mass is 10.1. The number of anilines is 1. The van der Waals surface area contributed by atoms with Gasteiger partial charge in [0, 0.05) is 15.7 Å². The zero-order valence-corrected chi connectivity index (χ0v) is 17.6. The number of benzene rings is 2. The lowest BCUT2D eigenvalue weighted by Crippen LogP contribution is -2.20. The third-order valence-corrected chi connectivity index (χ3v) is 5.86. The summed E-state index contributed by atoms with van der Waals surface area (Å²) in [5.41, 5.74) is 1.34. The topological polar surface area (TPSA) is 111 Å². The Labute approximate surface area is 184 Å². The van der Waals surface area contributed by atoms with Crippen molar-refractivity contribution >= 4 is 56.7 Å². The average molecular weight is 464 g/mol. The number of carbonyl (C=O) groups excluding carboxylic acids is 2. The number of thioether (sulfide) groups is 1. The summed E-state index contributed by atoms with van der Waals surface area (Å²) in [5, 5.41) is 13.5. The van der Waals surface area contributed by atoms with E-state index in [0.717, 1.165) is 22.4 Å².